The van der Waals surface area contributed by atoms with E-state index in [0.29, 0.717) is 17.9 Å². The minimum Gasteiger partial charge on any atom is -0.387 e. The van der Waals surface area contributed by atoms with Gasteiger partial charge in [-0.25, -0.2) is 8.42 Å². The third kappa shape index (κ3) is 3.00. The van der Waals surface area contributed by atoms with E-state index in [1.807, 2.05) is 38.1 Å². The van der Waals surface area contributed by atoms with Crippen molar-refractivity contribution in [3.8, 4) is 0 Å². The summed E-state index contributed by atoms with van der Waals surface area (Å²) in [5.74, 6) is 0. The zero-order chi connectivity index (χ0) is 15.5. The smallest absolute Gasteiger partial charge is 0.267 e. The monoisotopic (exact) mass is 305 g/mol. The van der Waals surface area contributed by atoms with Gasteiger partial charge in [-0.05, 0) is 32.0 Å². The average molecular weight is 305 g/mol. The van der Waals surface area contributed by atoms with Crippen LogP contribution in [0.25, 0.3) is 0 Å². The van der Waals surface area contributed by atoms with Crippen LogP contribution in [0.2, 0.25) is 0 Å². The molecule has 1 aromatic carbocycles. The lowest BCUT2D eigenvalue weighted by Gasteiger charge is -2.24. The summed E-state index contributed by atoms with van der Waals surface area (Å²) in [5, 5.41) is 2.90. The first-order valence-electron chi connectivity index (χ1n) is 6.72. The second-order valence-electron chi connectivity index (χ2n) is 4.63. The van der Waals surface area contributed by atoms with Crippen LogP contribution in [-0.4, -0.2) is 27.0 Å². The molecule has 1 heterocycles. The molecule has 0 aliphatic rings. The van der Waals surface area contributed by atoms with Crippen LogP contribution in [0.15, 0.2) is 47.6 Å². The van der Waals surface area contributed by atoms with Crippen LogP contribution < -0.4 is 9.62 Å². The van der Waals surface area contributed by atoms with Gasteiger partial charge in [0.15, 0.2) is 0 Å². The van der Waals surface area contributed by atoms with E-state index in [0.717, 1.165) is 5.56 Å². The van der Waals surface area contributed by atoms with Crippen molar-refractivity contribution in [3.63, 3.8) is 0 Å². The lowest BCUT2D eigenvalue weighted by molar-refractivity contribution is 0.592. The predicted molar refractivity (Wildman–Crippen MR) is 85.2 cm³/mol. The summed E-state index contributed by atoms with van der Waals surface area (Å²) in [7, 11) is -1.96. The van der Waals surface area contributed by atoms with Gasteiger partial charge in [0, 0.05) is 26.0 Å². The van der Waals surface area contributed by atoms with Crippen LogP contribution in [0.5, 0.6) is 0 Å². The molecule has 0 radical (unpaired) electrons. The number of hydrogen-bond acceptors (Lipinski definition) is 4. The van der Waals surface area contributed by atoms with Crippen molar-refractivity contribution >= 4 is 21.4 Å². The Morgan fingerprint density at radius 3 is 2.43 bits per heavy atom. The first-order chi connectivity index (χ1) is 10.0. The van der Waals surface area contributed by atoms with Crippen molar-refractivity contribution in [2.75, 3.05) is 23.2 Å². The summed E-state index contributed by atoms with van der Waals surface area (Å²) in [5.41, 5.74) is 2.27. The molecule has 112 valence electrons. The lowest BCUT2D eigenvalue weighted by atomic mass is 10.2. The van der Waals surface area contributed by atoms with Gasteiger partial charge in [-0.2, -0.15) is 0 Å². The molecule has 5 nitrogen and oxygen atoms in total. The van der Waals surface area contributed by atoms with Crippen molar-refractivity contribution in [2.24, 2.45) is 0 Å². The molecule has 21 heavy (non-hydrogen) atoms. The largest absolute Gasteiger partial charge is 0.387 e. The molecule has 0 amide bonds. The summed E-state index contributed by atoms with van der Waals surface area (Å²) in [6.45, 7) is 4.13. The van der Waals surface area contributed by atoms with E-state index in [4.69, 9.17) is 0 Å². The van der Waals surface area contributed by atoms with E-state index in [2.05, 4.69) is 10.3 Å². The molecule has 6 heteroatoms. The second-order valence-corrected chi connectivity index (χ2v) is 6.46. The van der Waals surface area contributed by atoms with Crippen LogP contribution in [0.1, 0.15) is 12.5 Å². The van der Waals surface area contributed by atoms with Gasteiger partial charge in [0.2, 0.25) is 0 Å². The maximum absolute atomic E-state index is 12.9. The van der Waals surface area contributed by atoms with Crippen molar-refractivity contribution in [3.05, 3.63) is 48.3 Å². The average Bonchev–Trinajstić information content (AvgIpc) is 2.49. The van der Waals surface area contributed by atoms with Gasteiger partial charge in [0.1, 0.15) is 4.90 Å². The Hall–Kier alpha value is -2.08. The van der Waals surface area contributed by atoms with Gasteiger partial charge in [0.05, 0.1) is 11.4 Å². The van der Waals surface area contributed by atoms with Gasteiger partial charge < -0.3 is 5.32 Å². The number of aryl methyl sites for hydroxylation is 1. The second kappa shape index (κ2) is 6.13. The van der Waals surface area contributed by atoms with Gasteiger partial charge >= 0.3 is 0 Å². The normalized spacial score (nSPS) is 11.2. The molecule has 0 fully saturated rings. The van der Waals surface area contributed by atoms with Gasteiger partial charge in [-0.3, -0.25) is 9.29 Å². The fraction of sp³-hybridized carbons (Fsp3) is 0.267. The van der Waals surface area contributed by atoms with Crippen LogP contribution in [0.4, 0.5) is 11.4 Å². The first-order valence-corrected chi connectivity index (χ1v) is 8.16. The molecule has 0 atom stereocenters. The van der Waals surface area contributed by atoms with Crippen molar-refractivity contribution in [2.45, 2.75) is 18.7 Å². The molecule has 0 aliphatic heterocycles. The molecule has 0 aliphatic carbocycles. The van der Waals surface area contributed by atoms with Gasteiger partial charge in [0.25, 0.3) is 10.0 Å². The highest BCUT2D eigenvalue weighted by molar-refractivity contribution is 7.93. The van der Waals surface area contributed by atoms with Crippen LogP contribution >= 0.6 is 0 Å². The summed E-state index contributed by atoms with van der Waals surface area (Å²) < 4.78 is 27.1. The van der Waals surface area contributed by atoms with Gasteiger partial charge in [-0.15, -0.1) is 0 Å². The zero-order valence-electron chi connectivity index (χ0n) is 12.4. The van der Waals surface area contributed by atoms with E-state index in [-0.39, 0.29) is 4.90 Å². The third-order valence-corrected chi connectivity index (χ3v) is 5.16. The van der Waals surface area contributed by atoms with Crippen LogP contribution in [0, 0.1) is 6.92 Å². The molecule has 2 rings (SSSR count). The van der Waals surface area contributed by atoms with Crippen LogP contribution in [0.3, 0.4) is 0 Å². The number of aromatic nitrogens is 1. The minimum atomic E-state index is -3.65. The fourth-order valence-electron chi connectivity index (χ4n) is 2.11. The highest BCUT2D eigenvalue weighted by Gasteiger charge is 2.26. The SMILES string of the molecule is CCN(c1ccc(C)cc1)S(=O)(=O)c1cnccc1NC. The number of sulfonamides is 1. The highest BCUT2D eigenvalue weighted by atomic mass is 32.2. The summed E-state index contributed by atoms with van der Waals surface area (Å²) >= 11 is 0. The maximum atomic E-state index is 12.9. The molecule has 1 aromatic heterocycles. The lowest BCUT2D eigenvalue weighted by Crippen LogP contribution is -2.31. The van der Waals surface area contributed by atoms with Gasteiger partial charge in [-0.1, -0.05) is 17.7 Å². The number of nitrogens with zero attached hydrogens (tertiary/aromatic N) is 2. The Bertz CT molecular complexity index is 712. The van der Waals surface area contributed by atoms with E-state index < -0.39 is 10.0 Å². The van der Waals surface area contributed by atoms with E-state index in [9.17, 15) is 8.42 Å². The Morgan fingerprint density at radius 2 is 1.86 bits per heavy atom. The number of anilines is 2. The van der Waals surface area contributed by atoms with E-state index in [1.54, 1.807) is 19.3 Å². The maximum Gasteiger partial charge on any atom is 0.267 e. The van der Waals surface area contributed by atoms with Crippen molar-refractivity contribution in [1.82, 2.24) is 4.98 Å². The molecule has 0 saturated carbocycles. The Balaban J connectivity index is 2.52. The molecule has 0 saturated heterocycles. The molecular formula is C15H19N3O2S. The van der Waals surface area contributed by atoms with E-state index in [1.165, 1.54) is 10.5 Å². The van der Waals surface area contributed by atoms with Crippen molar-refractivity contribution in [1.29, 1.82) is 0 Å². The zero-order valence-corrected chi connectivity index (χ0v) is 13.2. The number of rotatable bonds is 5. The third-order valence-electron chi connectivity index (χ3n) is 3.23. The molecule has 2 aromatic rings. The Kier molecular flexibility index (Phi) is 4.47. The van der Waals surface area contributed by atoms with E-state index >= 15 is 0 Å². The number of benzene rings is 1. The van der Waals surface area contributed by atoms with Crippen LogP contribution in [-0.2, 0) is 10.0 Å². The Labute approximate surface area is 125 Å². The summed E-state index contributed by atoms with van der Waals surface area (Å²) in [6.07, 6.45) is 2.94. The fourth-order valence-corrected chi connectivity index (χ4v) is 3.73. The minimum absolute atomic E-state index is 0.176. The molecule has 0 spiro atoms. The number of hydrogen-bond donors (Lipinski definition) is 1. The number of pyridine rings is 1. The number of nitrogens with one attached hydrogen (secondary N) is 1. The Morgan fingerprint density at radius 1 is 1.19 bits per heavy atom. The van der Waals surface area contributed by atoms with Crippen molar-refractivity contribution < 1.29 is 8.42 Å². The predicted octanol–water partition coefficient (Wildman–Crippen LogP) is 2.65. The summed E-state index contributed by atoms with van der Waals surface area (Å²) in [6, 6.07) is 9.07. The molecule has 1 N–H and O–H groups in total. The molecule has 0 unspecified atom stereocenters. The first kappa shape index (κ1) is 15.3. The molecular weight excluding hydrogens is 286 g/mol. The summed E-state index contributed by atoms with van der Waals surface area (Å²) in [4.78, 5) is 4.11. The highest BCUT2D eigenvalue weighted by Crippen LogP contribution is 2.27. The quantitative estimate of drug-likeness (QED) is 0.922. The molecule has 0 bridgehead atoms. The topological polar surface area (TPSA) is 62.3 Å². The standard InChI is InChI=1S/C15H19N3O2S/c1-4-18(13-7-5-12(2)6-8-13)21(19,20)15-11-17-10-9-14(15)16-3/h5-11H,4H2,1-3H3,(H,16,17).